The molecule has 2 aromatic carbocycles. The van der Waals surface area contributed by atoms with Crippen LogP contribution in [0, 0.1) is 0 Å². The van der Waals surface area contributed by atoms with Gasteiger partial charge in [0.05, 0.1) is 16.8 Å². The molecule has 0 saturated heterocycles. The van der Waals surface area contributed by atoms with E-state index in [1.54, 1.807) is 0 Å². The number of nitrogens with zero attached hydrogens (tertiary/aromatic N) is 3. The second-order valence-electron chi connectivity index (χ2n) is 5.91. The summed E-state index contributed by atoms with van der Waals surface area (Å²) < 4.78 is 2.14. The Balaban J connectivity index is 1.64. The molecule has 0 aliphatic heterocycles. The lowest BCUT2D eigenvalue weighted by molar-refractivity contribution is -0.113. The number of amides is 1. The van der Waals surface area contributed by atoms with Gasteiger partial charge in [0.1, 0.15) is 0 Å². The average molecular weight is 354 g/mol. The molecular weight excluding hydrogens is 332 g/mol. The summed E-state index contributed by atoms with van der Waals surface area (Å²) in [5, 5.41) is 3.81. The van der Waals surface area contributed by atoms with Gasteiger partial charge < -0.3 is 14.8 Å². The Kier molecular flexibility index (Phi) is 5.28. The monoisotopic (exact) mass is 354 g/mol. The first-order valence-corrected chi connectivity index (χ1v) is 9.22. The summed E-state index contributed by atoms with van der Waals surface area (Å²) in [5.41, 5.74) is 3.97. The molecule has 0 spiro atoms. The molecule has 1 amide bonds. The third-order valence-corrected chi connectivity index (χ3v) is 4.91. The van der Waals surface area contributed by atoms with E-state index in [1.807, 2.05) is 61.5 Å². The van der Waals surface area contributed by atoms with Crippen molar-refractivity contribution < 1.29 is 4.79 Å². The molecule has 0 aliphatic rings. The quantitative estimate of drug-likeness (QED) is 0.683. The van der Waals surface area contributed by atoms with Crippen LogP contribution in [0.2, 0.25) is 0 Å². The van der Waals surface area contributed by atoms with Crippen molar-refractivity contribution in [2.75, 3.05) is 30.1 Å². The summed E-state index contributed by atoms with van der Waals surface area (Å²) in [6.45, 7) is 2.92. The lowest BCUT2D eigenvalue weighted by atomic mass is 10.2. The molecule has 0 bridgehead atoms. The Morgan fingerprint density at radius 3 is 2.56 bits per heavy atom. The highest BCUT2D eigenvalue weighted by molar-refractivity contribution is 7.99. The minimum absolute atomic E-state index is 0.0303. The zero-order chi connectivity index (χ0) is 17.8. The van der Waals surface area contributed by atoms with Gasteiger partial charge in [0.15, 0.2) is 5.16 Å². The number of rotatable bonds is 6. The van der Waals surface area contributed by atoms with Crippen LogP contribution < -0.4 is 10.2 Å². The number of fused-ring (bicyclic) bond motifs is 1. The summed E-state index contributed by atoms with van der Waals surface area (Å²) in [4.78, 5) is 18.9. The molecule has 0 unspecified atom stereocenters. The number of carbonyl (C=O) groups is 1. The molecule has 1 N–H and O–H groups in total. The van der Waals surface area contributed by atoms with Gasteiger partial charge in [0.25, 0.3) is 0 Å². The summed E-state index contributed by atoms with van der Waals surface area (Å²) in [5.74, 6) is 0.302. The van der Waals surface area contributed by atoms with Gasteiger partial charge in [-0.15, -0.1) is 0 Å². The fourth-order valence-corrected chi connectivity index (χ4v) is 3.52. The smallest absolute Gasteiger partial charge is 0.234 e. The fraction of sp³-hybridized carbons (Fsp3) is 0.263. The molecule has 6 heteroatoms. The number of benzene rings is 2. The number of aromatic nitrogens is 2. The summed E-state index contributed by atoms with van der Waals surface area (Å²) in [6.07, 6.45) is 0. The highest BCUT2D eigenvalue weighted by Crippen LogP contribution is 2.24. The molecule has 1 heterocycles. The maximum absolute atomic E-state index is 12.2. The van der Waals surface area contributed by atoms with Crippen molar-refractivity contribution in [3.63, 3.8) is 0 Å². The Morgan fingerprint density at radius 1 is 1.16 bits per heavy atom. The van der Waals surface area contributed by atoms with Crippen LogP contribution in [0.4, 0.5) is 11.4 Å². The van der Waals surface area contributed by atoms with Crippen molar-refractivity contribution in [2.45, 2.75) is 18.6 Å². The van der Waals surface area contributed by atoms with E-state index in [1.165, 1.54) is 11.8 Å². The van der Waals surface area contributed by atoms with Crippen LogP contribution in [0.25, 0.3) is 11.0 Å². The lowest BCUT2D eigenvalue weighted by Gasteiger charge is -2.13. The van der Waals surface area contributed by atoms with Gasteiger partial charge in [0.2, 0.25) is 5.91 Å². The molecule has 130 valence electrons. The first-order chi connectivity index (χ1) is 12.1. The van der Waals surface area contributed by atoms with Gasteiger partial charge in [0, 0.05) is 32.0 Å². The summed E-state index contributed by atoms with van der Waals surface area (Å²) >= 11 is 1.46. The summed E-state index contributed by atoms with van der Waals surface area (Å²) in [7, 11) is 3.98. The highest BCUT2D eigenvalue weighted by Gasteiger charge is 2.12. The molecule has 0 saturated carbocycles. The third kappa shape index (κ3) is 3.96. The highest BCUT2D eigenvalue weighted by atomic mass is 32.2. The largest absolute Gasteiger partial charge is 0.378 e. The molecular formula is C19H22N4OS. The molecule has 5 nitrogen and oxygen atoms in total. The summed E-state index contributed by atoms with van der Waals surface area (Å²) in [6, 6.07) is 15.8. The maximum Gasteiger partial charge on any atom is 0.234 e. The van der Waals surface area contributed by atoms with E-state index in [-0.39, 0.29) is 5.91 Å². The average Bonchev–Trinajstić information content (AvgIpc) is 2.98. The molecule has 1 aromatic heterocycles. The number of nitrogens with one attached hydrogen (secondary N) is 1. The van der Waals surface area contributed by atoms with Crippen molar-refractivity contribution in [1.29, 1.82) is 0 Å². The van der Waals surface area contributed by atoms with Crippen molar-refractivity contribution in [2.24, 2.45) is 0 Å². The molecule has 0 aliphatic carbocycles. The SMILES string of the molecule is CCn1c(SCC(=O)Nc2ccc(N(C)C)cc2)nc2ccccc21. The molecule has 0 fully saturated rings. The van der Waals surface area contributed by atoms with Crippen LogP contribution in [0.1, 0.15) is 6.92 Å². The molecule has 3 aromatic rings. The number of aryl methyl sites for hydroxylation is 1. The molecule has 25 heavy (non-hydrogen) atoms. The first-order valence-electron chi connectivity index (χ1n) is 8.23. The van der Waals surface area contributed by atoms with E-state index in [9.17, 15) is 4.79 Å². The van der Waals surface area contributed by atoms with Crippen molar-refractivity contribution >= 4 is 40.1 Å². The van der Waals surface area contributed by atoms with Crippen molar-refractivity contribution in [3.8, 4) is 0 Å². The lowest BCUT2D eigenvalue weighted by Crippen LogP contribution is -2.15. The molecule has 0 radical (unpaired) electrons. The predicted octanol–water partition coefficient (Wildman–Crippen LogP) is 3.85. The topological polar surface area (TPSA) is 50.2 Å². The third-order valence-electron chi connectivity index (χ3n) is 3.94. The minimum Gasteiger partial charge on any atom is -0.378 e. The van der Waals surface area contributed by atoms with Crippen LogP contribution in [0.3, 0.4) is 0 Å². The van der Waals surface area contributed by atoms with Crippen LogP contribution in [0.5, 0.6) is 0 Å². The standard InChI is InChI=1S/C19H22N4OS/c1-4-23-17-8-6-5-7-16(17)21-19(23)25-13-18(24)20-14-9-11-15(12-10-14)22(2)3/h5-12H,4,13H2,1-3H3,(H,20,24). The number of thioether (sulfide) groups is 1. The van der Waals surface area contributed by atoms with E-state index in [0.717, 1.165) is 34.1 Å². The van der Waals surface area contributed by atoms with Crippen LogP contribution in [-0.4, -0.2) is 35.3 Å². The maximum atomic E-state index is 12.2. The van der Waals surface area contributed by atoms with Crippen molar-refractivity contribution in [1.82, 2.24) is 9.55 Å². The van der Waals surface area contributed by atoms with Gasteiger partial charge in [-0.2, -0.15) is 0 Å². The Labute approximate surface area is 152 Å². The Morgan fingerprint density at radius 2 is 1.88 bits per heavy atom. The second kappa shape index (κ2) is 7.61. The number of carbonyl (C=O) groups excluding carboxylic acids is 1. The fourth-order valence-electron chi connectivity index (χ4n) is 2.64. The number of imidazole rings is 1. The van der Waals surface area contributed by atoms with E-state index >= 15 is 0 Å². The van der Waals surface area contributed by atoms with Gasteiger partial charge in [-0.1, -0.05) is 23.9 Å². The normalized spacial score (nSPS) is 10.8. The van der Waals surface area contributed by atoms with Crippen molar-refractivity contribution in [3.05, 3.63) is 48.5 Å². The van der Waals surface area contributed by atoms with E-state index in [2.05, 4.69) is 27.9 Å². The molecule has 3 rings (SSSR count). The minimum atomic E-state index is -0.0303. The number of anilines is 2. The van der Waals surface area contributed by atoms with Gasteiger partial charge in [-0.3, -0.25) is 4.79 Å². The predicted molar refractivity (Wildman–Crippen MR) is 106 cm³/mol. The zero-order valence-electron chi connectivity index (χ0n) is 14.7. The first kappa shape index (κ1) is 17.4. The zero-order valence-corrected chi connectivity index (χ0v) is 15.5. The number of para-hydroxylation sites is 2. The molecule has 0 atom stereocenters. The number of hydrogen-bond acceptors (Lipinski definition) is 4. The van der Waals surface area contributed by atoms with Crippen LogP contribution >= 0.6 is 11.8 Å². The van der Waals surface area contributed by atoms with Gasteiger partial charge in [-0.05, 0) is 43.3 Å². The van der Waals surface area contributed by atoms with Gasteiger partial charge >= 0.3 is 0 Å². The number of hydrogen-bond donors (Lipinski definition) is 1. The van der Waals surface area contributed by atoms with E-state index in [4.69, 9.17) is 0 Å². The van der Waals surface area contributed by atoms with Gasteiger partial charge in [-0.25, -0.2) is 4.98 Å². The Bertz CT molecular complexity index is 871. The Hall–Kier alpha value is -2.47. The van der Waals surface area contributed by atoms with Crippen LogP contribution in [-0.2, 0) is 11.3 Å². The second-order valence-corrected chi connectivity index (χ2v) is 6.85. The van der Waals surface area contributed by atoms with Crippen LogP contribution in [0.15, 0.2) is 53.7 Å². The van der Waals surface area contributed by atoms with E-state index in [0.29, 0.717) is 5.75 Å². The van der Waals surface area contributed by atoms with E-state index < -0.39 is 0 Å².